The number of ether oxygens (including phenoxy) is 1. The van der Waals surface area contributed by atoms with Gasteiger partial charge in [-0.15, -0.1) is 0 Å². The number of piperidine rings is 1. The molecule has 1 aromatic heterocycles. The molecule has 4 heterocycles. The molecule has 4 rings (SSSR count). The molecule has 3 fully saturated rings. The Morgan fingerprint density at radius 2 is 2.00 bits per heavy atom. The van der Waals surface area contributed by atoms with E-state index in [-0.39, 0.29) is 17.6 Å². The monoisotopic (exact) mass is 333 g/mol. The van der Waals surface area contributed by atoms with Crippen molar-refractivity contribution in [2.75, 3.05) is 26.2 Å². The number of aryl methyl sites for hydroxylation is 1. The largest absolute Gasteiger partial charge is 0.362 e. The van der Waals surface area contributed by atoms with E-state index in [0.29, 0.717) is 0 Å². The Bertz CT molecular complexity index is 586. The Morgan fingerprint density at radius 1 is 1.25 bits per heavy atom. The van der Waals surface area contributed by atoms with E-state index in [4.69, 9.17) is 9.26 Å². The molecule has 3 aliphatic heterocycles. The van der Waals surface area contributed by atoms with Gasteiger partial charge >= 0.3 is 0 Å². The van der Waals surface area contributed by atoms with E-state index in [1.165, 1.54) is 0 Å². The molecule has 0 aromatic carbocycles. The predicted molar refractivity (Wildman–Crippen MR) is 88.4 cm³/mol. The first-order chi connectivity index (χ1) is 11.6. The van der Waals surface area contributed by atoms with Crippen molar-refractivity contribution in [1.82, 2.24) is 15.0 Å². The minimum absolute atomic E-state index is 0.0731. The van der Waals surface area contributed by atoms with Gasteiger partial charge in [-0.05, 0) is 45.4 Å². The lowest BCUT2D eigenvalue weighted by Gasteiger charge is -2.39. The van der Waals surface area contributed by atoms with Crippen molar-refractivity contribution >= 4 is 5.91 Å². The fraction of sp³-hybridized carbons (Fsp3) is 0.778. The Kier molecular flexibility index (Phi) is 4.35. The van der Waals surface area contributed by atoms with E-state index in [9.17, 15) is 4.79 Å². The molecule has 1 aromatic rings. The molecule has 1 amide bonds. The van der Waals surface area contributed by atoms with Gasteiger partial charge in [-0.25, -0.2) is 0 Å². The second-order valence-electron chi connectivity index (χ2n) is 7.57. The number of amides is 1. The van der Waals surface area contributed by atoms with Gasteiger partial charge in [0.1, 0.15) is 11.9 Å². The summed E-state index contributed by atoms with van der Waals surface area (Å²) in [6.07, 6.45) is 6.00. The molecule has 6 nitrogen and oxygen atoms in total. The van der Waals surface area contributed by atoms with E-state index in [1.807, 2.05) is 17.9 Å². The number of hydrogen-bond donors (Lipinski definition) is 0. The first kappa shape index (κ1) is 16.1. The first-order valence-corrected chi connectivity index (χ1v) is 9.25. The summed E-state index contributed by atoms with van der Waals surface area (Å²) in [5.41, 5.74) is 0.925. The molecule has 24 heavy (non-hydrogen) atoms. The minimum atomic E-state index is -0.201. The summed E-state index contributed by atoms with van der Waals surface area (Å²) >= 11 is 0. The molecule has 0 N–H and O–H groups in total. The molecule has 0 aliphatic carbocycles. The van der Waals surface area contributed by atoms with Gasteiger partial charge in [0.2, 0.25) is 0 Å². The average Bonchev–Trinajstić information content (AvgIpc) is 3.31. The third-order valence-electron chi connectivity index (χ3n) is 5.78. The van der Waals surface area contributed by atoms with Crippen LogP contribution in [-0.4, -0.2) is 58.7 Å². The normalized spacial score (nSPS) is 27.2. The Labute approximate surface area is 143 Å². The molecule has 0 saturated carbocycles. The summed E-state index contributed by atoms with van der Waals surface area (Å²) in [4.78, 5) is 16.9. The van der Waals surface area contributed by atoms with Crippen molar-refractivity contribution in [2.24, 2.45) is 0 Å². The Morgan fingerprint density at radius 3 is 2.67 bits per heavy atom. The van der Waals surface area contributed by atoms with E-state index in [0.717, 1.165) is 82.7 Å². The van der Waals surface area contributed by atoms with Crippen LogP contribution in [0.1, 0.15) is 50.0 Å². The van der Waals surface area contributed by atoms with E-state index in [2.05, 4.69) is 10.1 Å². The number of hydrogen-bond acceptors (Lipinski definition) is 5. The van der Waals surface area contributed by atoms with Crippen molar-refractivity contribution in [3.05, 3.63) is 17.5 Å². The molecule has 0 bridgehead atoms. The van der Waals surface area contributed by atoms with Gasteiger partial charge < -0.3 is 14.2 Å². The minimum Gasteiger partial charge on any atom is -0.362 e. The second-order valence-corrected chi connectivity index (χ2v) is 7.57. The maximum Gasteiger partial charge on any atom is 0.251 e. The molecular formula is C18H27N3O3. The molecular weight excluding hydrogens is 306 g/mol. The molecule has 3 aliphatic rings. The van der Waals surface area contributed by atoms with Gasteiger partial charge in [0, 0.05) is 38.8 Å². The second kappa shape index (κ2) is 6.48. The van der Waals surface area contributed by atoms with E-state index in [1.54, 1.807) is 0 Å². The van der Waals surface area contributed by atoms with Gasteiger partial charge in [0.15, 0.2) is 0 Å². The first-order valence-electron chi connectivity index (χ1n) is 9.25. The lowest BCUT2D eigenvalue weighted by molar-refractivity contribution is -0.150. The van der Waals surface area contributed by atoms with Crippen LogP contribution in [0.4, 0.5) is 0 Å². The number of rotatable bonds is 3. The highest BCUT2D eigenvalue weighted by Crippen LogP contribution is 2.39. The van der Waals surface area contributed by atoms with Gasteiger partial charge in [-0.2, -0.15) is 0 Å². The molecule has 3 saturated heterocycles. The number of carbonyl (C=O) groups is 1. The molecule has 0 unspecified atom stereocenters. The number of likely N-dealkylation sites (tertiary alicyclic amines) is 2. The zero-order chi connectivity index (χ0) is 16.6. The van der Waals surface area contributed by atoms with Crippen LogP contribution < -0.4 is 0 Å². The van der Waals surface area contributed by atoms with Crippen LogP contribution in [0.2, 0.25) is 0 Å². The topological polar surface area (TPSA) is 58.8 Å². The lowest BCUT2D eigenvalue weighted by Crippen LogP contribution is -2.45. The quantitative estimate of drug-likeness (QED) is 0.848. The van der Waals surface area contributed by atoms with E-state index < -0.39 is 0 Å². The Hall–Kier alpha value is -1.40. The fourth-order valence-corrected chi connectivity index (χ4v) is 4.34. The summed E-state index contributed by atoms with van der Waals surface area (Å²) in [6.45, 7) is 6.58. The number of nitrogens with zero attached hydrogens (tertiary/aromatic N) is 3. The summed E-state index contributed by atoms with van der Waals surface area (Å²) in [7, 11) is 0. The van der Waals surface area contributed by atoms with Crippen molar-refractivity contribution in [2.45, 2.75) is 63.7 Å². The van der Waals surface area contributed by atoms with Gasteiger partial charge in [0.05, 0.1) is 11.3 Å². The highest BCUT2D eigenvalue weighted by molar-refractivity contribution is 5.81. The van der Waals surface area contributed by atoms with Crippen LogP contribution in [0, 0.1) is 6.92 Å². The third kappa shape index (κ3) is 3.22. The van der Waals surface area contributed by atoms with Crippen LogP contribution in [-0.2, 0) is 16.1 Å². The van der Waals surface area contributed by atoms with Crippen LogP contribution in [0.5, 0.6) is 0 Å². The van der Waals surface area contributed by atoms with Crippen LogP contribution >= 0.6 is 0 Å². The highest BCUT2D eigenvalue weighted by atomic mass is 16.5. The molecule has 1 spiro atoms. The zero-order valence-electron chi connectivity index (χ0n) is 14.5. The third-order valence-corrected chi connectivity index (χ3v) is 5.78. The summed E-state index contributed by atoms with van der Waals surface area (Å²) in [5.74, 6) is 1.09. The summed E-state index contributed by atoms with van der Waals surface area (Å²) in [6, 6.07) is 2.00. The van der Waals surface area contributed by atoms with Crippen molar-refractivity contribution in [3.8, 4) is 0 Å². The van der Waals surface area contributed by atoms with Crippen LogP contribution in [0.15, 0.2) is 10.6 Å². The number of carbonyl (C=O) groups excluding carboxylic acids is 1. The van der Waals surface area contributed by atoms with Crippen LogP contribution in [0.3, 0.4) is 0 Å². The molecule has 6 heteroatoms. The summed E-state index contributed by atoms with van der Waals surface area (Å²) < 4.78 is 11.5. The van der Waals surface area contributed by atoms with Gasteiger partial charge in [-0.3, -0.25) is 9.69 Å². The number of aromatic nitrogens is 1. The fourth-order valence-electron chi connectivity index (χ4n) is 4.34. The van der Waals surface area contributed by atoms with Crippen LogP contribution in [0.25, 0.3) is 0 Å². The molecule has 132 valence electrons. The zero-order valence-corrected chi connectivity index (χ0v) is 14.5. The van der Waals surface area contributed by atoms with Crippen molar-refractivity contribution < 1.29 is 14.1 Å². The molecule has 0 radical (unpaired) electrons. The lowest BCUT2D eigenvalue weighted by atomic mass is 9.88. The van der Waals surface area contributed by atoms with Crippen molar-refractivity contribution in [1.29, 1.82) is 0 Å². The molecule has 1 atom stereocenters. The van der Waals surface area contributed by atoms with Gasteiger partial charge in [-0.1, -0.05) is 5.16 Å². The predicted octanol–water partition coefficient (Wildman–Crippen LogP) is 2.12. The highest BCUT2D eigenvalue weighted by Gasteiger charge is 2.45. The summed E-state index contributed by atoms with van der Waals surface area (Å²) in [5, 5.41) is 4.08. The average molecular weight is 333 g/mol. The van der Waals surface area contributed by atoms with Crippen molar-refractivity contribution in [3.63, 3.8) is 0 Å². The smallest absolute Gasteiger partial charge is 0.251 e. The van der Waals surface area contributed by atoms with Gasteiger partial charge in [0.25, 0.3) is 5.91 Å². The maximum atomic E-state index is 12.6. The van der Waals surface area contributed by atoms with E-state index >= 15 is 0 Å². The standard InChI is InChI=1S/C18H27N3O3/c1-14-12-15(19-24-14)13-20-10-6-18(7-11-20)5-4-16(23-18)17(22)21-8-2-3-9-21/h12,16H,2-11,13H2,1H3/t16-/m0/s1. The Balaban J connectivity index is 1.29. The maximum absolute atomic E-state index is 12.6. The SMILES string of the molecule is Cc1cc(CN2CCC3(CC[C@@H](C(=O)N4CCCC4)O3)CC2)no1.